The molecule has 10 rings (SSSR count). The van der Waals surface area contributed by atoms with E-state index in [2.05, 4.69) is 200 Å². The van der Waals surface area contributed by atoms with Crippen molar-refractivity contribution in [1.82, 2.24) is 4.57 Å². The molecule has 0 N–H and O–H groups in total. The zero-order valence-corrected chi connectivity index (χ0v) is 32.4. The summed E-state index contributed by atoms with van der Waals surface area (Å²) < 4.78 is 9.05. The zero-order chi connectivity index (χ0) is 36.9. The van der Waals surface area contributed by atoms with Crippen molar-refractivity contribution in [3.63, 3.8) is 0 Å². The normalized spacial score (nSPS) is 14.5. The van der Waals surface area contributed by atoms with Crippen LogP contribution in [0.4, 0.5) is 0 Å². The summed E-state index contributed by atoms with van der Waals surface area (Å²) in [6, 6.07) is 62.6. The third-order valence-electron chi connectivity index (χ3n) is 12.1. The first-order valence-corrected chi connectivity index (χ1v) is 21.8. The van der Waals surface area contributed by atoms with Crippen molar-refractivity contribution in [2.45, 2.75) is 33.1 Å². The number of fused-ring (bicyclic) bond motifs is 6. The van der Waals surface area contributed by atoms with Crippen molar-refractivity contribution < 1.29 is 4.42 Å². The highest BCUT2D eigenvalue weighted by Crippen LogP contribution is 2.44. The minimum atomic E-state index is -2.57. The molecule has 3 heterocycles. The third kappa shape index (κ3) is 5.29. The third-order valence-corrected chi connectivity index (χ3v) is 17.2. The van der Waals surface area contributed by atoms with Crippen molar-refractivity contribution in [3.05, 3.63) is 193 Å². The first kappa shape index (κ1) is 33.4. The Morgan fingerprint density at radius 2 is 1.13 bits per heavy atom. The van der Waals surface area contributed by atoms with Crippen LogP contribution < -0.4 is 10.4 Å². The maximum absolute atomic E-state index is 6.66. The number of para-hydroxylation sites is 2. The number of allylic oxidation sites excluding steroid dienone is 3. The Kier molecular flexibility index (Phi) is 8.26. The van der Waals surface area contributed by atoms with Crippen LogP contribution in [0.5, 0.6) is 0 Å². The van der Waals surface area contributed by atoms with Gasteiger partial charge in [-0.15, -0.1) is 0 Å². The molecule has 2 nitrogen and oxygen atoms in total. The van der Waals surface area contributed by atoms with Gasteiger partial charge in [0.2, 0.25) is 0 Å². The van der Waals surface area contributed by atoms with Crippen LogP contribution in [0.25, 0.3) is 65.8 Å². The van der Waals surface area contributed by atoms with Crippen LogP contribution in [-0.4, -0.2) is 12.6 Å². The Balaban J connectivity index is 1.10. The molecule has 55 heavy (non-hydrogen) atoms. The van der Waals surface area contributed by atoms with E-state index >= 15 is 0 Å². The van der Waals surface area contributed by atoms with Crippen LogP contribution >= 0.6 is 0 Å². The van der Waals surface area contributed by atoms with Gasteiger partial charge in [-0.05, 0) is 99.6 Å². The Morgan fingerprint density at radius 1 is 0.509 bits per heavy atom. The molecule has 7 aromatic carbocycles. The van der Waals surface area contributed by atoms with Gasteiger partial charge in [0.05, 0.1) is 11.0 Å². The Hall–Kier alpha value is -6.16. The summed E-state index contributed by atoms with van der Waals surface area (Å²) in [4.78, 5) is 0. The number of furan rings is 1. The van der Waals surface area contributed by atoms with E-state index in [0.29, 0.717) is 5.92 Å². The van der Waals surface area contributed by atoms with Gasteiger partial charge in [0.15, 0.2) is 8.07 Å². The molecule has 0 spiro atoms. The molecule has 1 atom stereocenters. The smallest absolute Gasteiger partial charge is 0.176 e. The van der Waals surface area contributed by atoms with E-state index < -0.39 is 8.07 Å². The minimum absolute atomic E-state index is 0.538. The first-order chi connectivity index (χ1) is 27.2. The minimum Gasteiger partial charge on any atom is -0.456 e. The van der Waals surface area contributed by atoms with E-state index in [0.717, 1.165) is 39.6 Å². The fourth-order valence-electron chi connectivity index (χ4n) is 9.58. The molecule has 0 fully saturated rings. The molecular formula is C52H43NOSi. The van der Waals surface area contributed by atoms with E-state index in [9.17, 15) is 0 Å². The van der Waals surface area contributed by atoms with Crippen molar-refractivity contribution in [2.75, 3.05) is 0 Å². The monoisotopic (exact) mass is 725 g/mol. The largest absolute Gasteiger partial charge is 0.456 e. The molecule has 1 unspecified atom stereocenters. The van der Waals surface area contributed by atoms with Crippen molar-refractivity contribution in [2.24, 2.45) is 5.92 Å². The molecule has 1 aliphatic heterocycles. The lowest BCUT2D eigenvalue weighted by molar-refractivity contribution is 0.552. The van der Waals surface area contributed by atoms with Crippen LogP contribution in [0.15, 0.2) is 192 Å². The maximum Gasteiger partial charge on any atom is 0.176 e. The number of aromatic nitrogens is 1. The zero-order valence-electron chi connectivity index (χ0n) is 31.4. The highest BCUT2D eigenvalue weighted by atomic mass is 28.3. The molecule has 9 aromatic rings. The summed E-state index contributed by atoms with van der Waals surface area (Å²) in [5.41, 5.74) is 9.02. The first-order valence-electron chi connectivity index (χ1n) is 19.8. The molecule has 0 amide bonds. The second-order valence-electron chi connectivity index (χ2n) is 15.0. The summed E-state index contributed by atoms with van der Waals surface area (Å²) in [6.45, 7) is 4.69. The van der Waals surface area contributed by atoms with Gasteiger partial charge >= 0.3 is 0 Å². The van der Waals surface area contributed by atoms with E-state index in [1.807, 2.05) is 0 Å². The van der Waals surface area contributed by atoms with E-state index in [4.69, 9.17) is 4.42 Å². The standard InChI is InChI=1S/C52H43NOSi/c1-3-16-36(4-2)51-31-32-52(55(51,41-19-10-6-11-20-41)42-21-12-7-13-22-42)39-27-30-49-46(33-39)45-29-26-38(35-50(45)54-49)37-25-28-44-43-23-14-15-24-47(43)53(48(44)34-37)40-17-8-5-9-18-40/h5-15,17-36H,3-4,16H2,1-2H3. The molecule has 0 saturated heterocycles. The molecule has 1 aliphatic rings. The predicted octanol–water partition coefficient (Wildman–Crippen LogP) is 12.8. The lowest BCUT2D eigenvalue weighted by atomic mass is 10.00. The molecule has 0 aliphatic carbocycles. The fourth-order valence-corrected chi connectivity index (χ4v) is 15.1. The van der Waals surface area contributed by atoms with Gasteiger partial charge in [0.25, 0.3) is 0 Å². The van der Waals surface area contributed by atoms with Gasteiger partial charge in [-0.3, -0.25) is 0 Å². The Morgan fingerprint density at radius 3 is 1.84 bits per heavy atom. The molecular weight excluding hydrogens is 683 g/mol. The molecule has 0 radical (unpaired) electrons. The summed E-state index contributed by atoms with van der Waals surface area (Å²) in [7, 11) is -2.57. The second kappa shape index (κ2) is 13.6. The molecule has 266 valence electrons. The molecule has 3 heteroatoms. The number of benzene rings is 7. The van der Waals surface area contributed by atoms with E-state index in [1.54, 1.807) is 5.20 Å². The van der Waals surface area contributed by atoms with Crippen molar-refractivity contribution >= 4 is 67.4 Å². The topological polar surface area (TPSA) is 18.1 Å². The van der Waals surface area contributed by atoms with E-state index in [-0.39, 0.29) is 0 Å². The number of nitrogens with zero attached hydrogens (tertiary/aromatic N) is 1. The van der Waals surface area contributed by atoms with Crippen LogP contribution in [0, 0.1) is 5.92 Å². The molecule has 0 bridgehead atoms. The van der Waals surface area contributed by atoms with Gasteiger partial charge < -0.3 is 8.98 Å². The van der Waals surface area contributed by atoms with Crippen LogP contribution in [-0.2, 0) is 0 Å². The highest BCUT2D eigenvalue weighted by molar-refractivity contribution is 7.20. The Bertz CT molecular complexity index is 2870. The molecule has 0 saturated carbocycles. The van der Waals surface area contributed by atoms with Crippen LogP contribution in [0.3, 0.4) is 0 Å². The van der Waals surface area contributed by atoms with Crippen LogP contribution in [0.2, 0.25) is 0 Å². The fraction of sp³-hybridized carbons (Fsp3) is 0.115. The van der Waals surface area contributed by atoms with Gasteiger partial charge in [0, 0.05) is 27.2 Å². The van der Waals surface area contributed by atoms with Gasteiger partial charge in [-0.2, -0.15) is 0 Å². The SMILES string of the molecule is CCCC(CC)C1=CC=C(c2ccc3oc4cc(-c5ccc6c7ccccc7n(-c7ccccc7)c6c5)ccc4c3c2)[Si]1(c1ccccc1)c1ccccc1. The predicted molar refractivity (Wildman–Crippen MR) is 236 cm³/mol. The Labute approximate surface area is 323 Å². The number of hydrogen-bond donors (Lipinski definition) is 0. The second-order valence-corrected chi connectivity index (χ2v) is 18.8. The average Bonchev–Trinajstić information content (AvgIpc) is 3.93. The molecule has 2 aromatic heterocycles. The quantitative estimate of drug-likeness (QED) is 0.136. The number of hydrogen-bond acceptors (Lipinski definition) is 1. The summed E-state index contributed by atoms with van der Waals surface area (Å²) in [5.74, 6) is 0.538. The lowest BCUT2D eigenvalue weighted by Gasteiger charge is -2.38. The summed E-state index contributed by atoms with van der Waals surface area (Å²) in [6.07, 6.45) is 8.49. The lowest BCUT2D eigenvalue weighted by Crippen LogP contribution is -2.61. The average molecular weight is 726 g/mol. The van der Waals surface area contributed by atoms with Gasteiger partial charge in [0.1, 0.15) is 11.2 Å². The number of rotatable bonds is 9. The van der Waals surface area contributed by atoms with Gasteiger partial charge in [-0.1, -0.05) is 159 Å². The van der Waals surface area contributed by atoms with Gasteiger partial charge in [-0.25, -0.2) is 0 Å². The summed E-state index contributed by atoms with van der Waals surface area (Å²) >= 11 is 0. The highest BCUT2D eigenvalue weighted by Gasteiger charge is 2.48. The summed E-state index contributed by atoms with van der Waals surface area (Å²) in [5, 5.41) is 10.8. The van der Waals surface area contributed by atoms with Crippen LogP contribution in [0.1, 0.15) is 38.7 Å². The van der Waals surface area contributed by atoms with Crippen molar-refractivity contribution in [3.8, 4) is 16.8 Å². The maximum atomic E-state index is 6.66. The van der Waals surface area contributed by atoms with E-state index in [1.165, 1.54) is 61.3 Å². The van der Waals surface area contributed by atoms with Crippen molar-refractivity contribution in [1.29, 1.82) is 0 Å².